The monoisotopic (exact) mass is 242 g/mol. The van der Waals surface area contributed by atoms with E-state index in [1.54, 1.807) is 0 Å². The number of β-amino-alcohol motifs (C(OH)–C–C–N with tert-alkyl or cyclic N) is 1. The lowest BCUT2D eigenvalue weighted by atomic mass is 9.86. The maximum atomic E-state index is 11.9. The van der Waals surface area contributed by atoms with Crippen LogP contribution in [0.5, 0.6) is 0 Å². The lowest BCUT2D eigenvalue weighted by molar-refractivity contribution is -0.123. The van der Waals surface area contributed by atoms with Gasteiger partial charge >= 0.3 is 0 Å². The first-order valence-corrected chi connectivity index (χ1v) is 6.51. The molecule has 0 aromatic heterocycles. The van der Waals surface area contributed by atoms with E-state index in [0.717, 1.165) is 25.7 Å². The van der Waals surface area contributed by atoms with E-state index >= 15 is 0 Å². The summed E-state index contributed by atoms with van der Waals surface area (Å²) in [5, 5.41) is 24.4. The number of aliphatic hydroxyl groups excluding tert-OH is 2. The molecule has 0 aromatic rings. The molecule has 5 heteroatoms. The maximum absolute atomic E-state index is 11.9. The average Bonchev–Trinajstić information content (AvgIpc) is 2.77. The first kappa shape index (κ1) is 12.8. The molecule has 2 aliphatic rings. The summed E-state index contributed by atoms with van der Waals surface area (Å²) >= 11 is 0. The third-order valence-electron chi connectivity index (χ3n) is 3.88. The zero-order valence-electron chi connectivity index (χ0n) is 10.1. The number of hydrogen-bond donors (Lipinski definition) is 4. The van der Waals surface area contributed by atoms with Crippen LogP contribution < -0.4 is 10.6 Å². The van der Waals surface area contributed by atoms with Gasteiger partial charge in [0, 0.05) is 19.2 Å². The highest BCUT2D eigenvalue weighted by atomic mass is 16.3. The third-order valence-corrected chi connectivity index (χ3v) is 3.88. The summed E-state index contributed by atoms with van der Waals surface area (Å²) < 4.78 is 0. The first-order valence-electron chi connectivity index (χ1n) is 6.51. The molecular formula is C12H22N2O3. The number of hydrogen-bond acceptors (Lipinski definition) is 4. The van der Waals surface area contributed by atoms with Gasteiger partial charge in [0.15, 0.2) is 0 Å². The summed E-state index contributed by atoms with van der Waals surface area (Å²) in [4.78, 5) is 11.9. The highest BCUT2D eigenvalue weighted by Gasteiger charge is 2.30. The second-order valence-electron chi connectivity index (χ2n) is 5.26. The molecule has 1 heterocycles. The zero-order valence-corrected chi connectivity index (χ0v) is 10.1. The van der Waals surface area contributed by atoms with E-state index in [2.05, 4.69) is 10.6 Å². The third kappa shape index (κ3) is 3.40. The molecule has 2 unspecified atom stereocenters. The van der Waals surface area contributed by atoms with Crippen molar-refractivity contribution in [1.82, 2.24) is 10.6 Å². The summed E-state index contributed by atoms with van der Waals surface area (Å²) in [6, 6.07) is 0.00501. The zero-order chi connectivity index (χ0) is 12.3. The van der Waals surface area contributed by atoms with Crippen molar-refractivity contribution >= 4 is 5.91 Å². The fraction of sp³-hybridized carbons (Fsp3) is 0.917. The van der Waals surface area contributed by atoms with Crippen LogP contribution in [0.4, 0.5) is 0 Å². The average molecular weight is 242 g/mol. The van der Waals surface area contributed by atoms with Gasteiger partial charge in [0.05, 0.1) is 12.1 Å². The van der Waals surface area contributed by atoms with Crippen LogP contribution in [0.1, 0.15) is 32.1 Å². The maximum Gasteiger partial charge on any atom is 0.237 e. The summed E-state index contributed by atoms with van der Waals surface area (Å²) in [6.45, 7) is 0.770. The number of rotatable bonds is 3. The lowest BCUT2D eigenvalue weighted by Crippen LogP contribution is -2.46. The molecule has 1 saturated heterocycles. The number of aliphatic hydroxyl groups is 2. The van der Waals surface area contributed by atoms with Gasteiger partial charge in [-0.25, -0.2) is 0 Å². The molecule has 2 rings (SSSR count). The molecule has 1 amide bonds. The molecule has 17 heavy (non-hydrogen) atoms. The van der Waals surface area contributed by atoms with Gasteiger partial charge in [-0.3, -0.25) is 4.79 Å². The Hall–Kier alpha value is -0.650. The van der Waals surface area contributed by atoms with Crippen LogP contribution in [0.15, 0.2) is 0 Å². The van der Waals surface area contributed by atoms with E-state index in [0.29, 0.717) is 18.9 Å². The molecule has 5 nitrogen and oxygen atoms in total. The minimum atomic E-state index is -0.393. The van der Waals surface area contributed by atoms with Crippen LogP contribution in [0.25, 0.3) is 0 Å². The SMILES string of the molecule is O=C(NC1CCC(CO)CC1)C1CC(O)CN1. The quantitative estimate of drug-likeness (QED) is 0.531. The van der Waals surface area contributed by atoms with Crippen molar-refractivity contribution in [1.29, 1.82) is 0 Å². The van der Waals surface area contributed by atoms with Crippen molar-refractivity contribution < 1.29 is 15.0 Å². The normalized spacial score (nSPS) is 38.0. The Balaban J connectivity index is 1.72. The van der Waals surface area contributed by atoms with Crippen molar-refractivity contribution in [3.8, 4) is 0 Å². The van der Waals surface area contributed by atoms with Gasteiger partial charge in [0.1, 0.15) is 0 Å². The van der Waals surface area contributed by atoms with Crippen LogP contribution in [0.3, 0.4) is 0 Å². The Morgan fingerprint density at radius 3 is 2.53 bits per heavy atom. The standard InChI is InChI=1S/C12H22N2O3/c15-7-8-1-3-9(4-2-8)14-12(17)11-5-10(16)6-13-11/h8-11,13,15-16H,1-7H2,(H,14,17). The fourth-order valence-electron chi connectivity index (χ4n) is 2.71. The van der Waals surface area contributed by atoms with Crippen LogP contribution in [-0.2, 0) is 4.79 Å². The van der Waals surface area contributed by atoms with Crippen molar-refractivity contribution in [3.05, 3.63) is 0 Å². The molecule has 4 N–H and O–H groups in total. The van der Waals surface area contributed by atoms with Crippen molar-refractivity contribution in [3.63, 3.8) is 0 Å². The van der Waals surface area contributed by atoms with E-state index < -0.39 is 6.10 Å². The second-order valence-corrected chi connectivity index (χ2v) is 5.26. The summed E-state index contributed by atoms with van der Waals surface area (Å²) in [5.74, 6) is 0.420. The lowest BCUT2D eigenvalue weighted by Gasteiger charge is -2.28. The number of carbonyl (C=O) groups excluding carboxylic acids is 1. The first-order chi connectivity index (χ1) is 8.19. The largest absolute Gasteiger partial charge is 0.396 e. The van der Waals surface area contributed by atoms with E-state index in [9.17, 15) is 9.90 Å². The highest BCUT2D eigenvalue weighted by Crippen LogP contribution is 2.23. The molecule has 2 fully saturated rings. The van der Waals surface area contributed by atoms with Gasteiger partial charge in [0.25, 0.3) is 0 Å². The molecule has 98 valence electrons. The molecule has 1 aliphatic carbocycles. The highest BCUT2D eigenvalue weighted by molar-refractivity contribution is 5.82. The topological polar surface area (TPSA) is 81.6 Å². The summed E-state index contributed by atoms with van der Waals surface area (Å²) in [6.07, 6.45) is 4.00. The van der Waals surface area contributed by atoms with Crippen LogP contribution in [-0.4, -0.2) is 47.5 Å². The van der Waals surface area contributed by atoms with Gasteiger partial charge < -0.3 is 20.8 Å². The van der Waals surface area contributed by atoms with E-state index in [1.807, 2.05) is 0 Å². The van der Waals surface area contributed by atoms with Gasteiger partial charge in [-0.2, -0.15) is 0 Å². The minimum absolute atomic E-state index is 0.00833. The number of carbonyl (C=O) groups is 1. The predicted octanol–water partition coefficient (Wildman–Crippen LogP) is -0.624. The van der Waals surface area contributed by atoms with Gasteiger partial charge in [-0.1, -0.05) is 0 Å². The van der Waals surface area contributed by atoms with E-state index in [1.165, 1.54) is 0 Å². The summed E-state index contributed by atoms with van der Waals surface area (Å²) in [5.41, 5.74) is 0. The van der Waals surface area contributed by atoms with Crippen molar-refractivity contribution in [2.45, 2.75) is 50.3 Å². The molecule has 0 bridgehead atoms. The summed E-state index contributed by atoms with van der Waals surface area (Å²) in [7, 11) is 0. The smallest absolute Gasteiger partial charge is 0.237 e. The van der Waals surface area contributed by atoms with Gasteiger partial charge in [-0.15, -0.1) is 0 Å². The number of amides is 1. The van der Waals surface area contributed by atoms with E-state index in [-0.39, 0.29) is 24.6 Å². The predicted molar refractivity (Wildman–Crippen MR) is 63.4 cm³/mol. The van der Waals surface area contributed by atoms with E-state index in [4.69, 9.17) is 5.11 Å². The Morgan fingerprint density at radius 1 is 1.29 bits per heavy atom. The fourth-order valence-corrected chi connectivity index (χ4v) is 2.71. The number of nitrogens with one attached hydrogen (secondary N) is 2. The van der Waals surface area contributed by atoms with Crippen LogP contribution in [0.2, 0.25) is 0 Å². The van der Waals surface area contributed by atoms with Crippen molar-refractivity contribution in [2.24, 2.45) is 5.92 Å². The minimum Gasteiger partial charge on any atom is -0.396 e. The molecule has 1 saturated carbocycles. The molecule has 2 atom stereocenters. The van der Waals surface area contributed by atoms with Gasteiger partial charge in [0.2, 0.25) is 5.91 Å². The van der Waals surface area contributed by atoms with Gasteiger partial charge in [-0.05, 0) is 38.0 Å². The molecular weight excluding hydrogens is 220 g/mol. The van der Waals surface area contributed by atoms with Crippen LogP contribution in [0, 0.1) is 5.92 Å². The Morgan fingerprint density at radius 2 is 2.00 bits per heavy atom. The Kier molecular flexibility index (Phi) is 4.36. The molecule has 1 aliphatic heterocycles. The van der Waals surface area contributed by atoms with Crippen LogP contribution >= 0.6 is 0 Å². The Labute approximate surface area is 102 Å². The van der Waals surface area contributed by atoms with Crippen molar-refractivity contribution in [2.75, 3.05) is 13.2 Å². The molecule has 0 radical (unpaired) electrons. The second kappa shape index (κ2) is 5.80. The molecule has 0 aromatic carbocycles. The Bertz CT molecular complexity index is 264. The molecule has 0 spiro atoms.